The number of alkyl halides is 1. The summed E-state index contributed by atoms with van der Waals surface area (Å²) in [6.07, 6.45) is 3.72. The van der Waals surface area contributed by atoms with Crippen molar-refractivity contribution in [2.24, 2.45) is 0 Å². The first-order chi connectivity index (χ1) is 7.70. The lowest BCUT2D eigenvalue weighted by Crippen LogP contribution is -2.40. The van der Waals surface area contributed by atoms with Gasteiger partial charge in [0, 0.05) is 47.2 Å². The van der Waals surface area contributed by atoms with Gasteiger partial charge in [-0.3, -0.25) is 4.98 Å². The molecule has 1 aliphatic heterocycles. The van der Waals surface area contributed by atoms with Gasteiger partial charge in [0.25, 0.3) is 0 Å². The molecule has 0 bridgehead atoms. The maximum Gasteiger partial charge on any atom is 0.0509 e. The van der Waals surface area contributed by atoms with Crippen molar-refractivity contribution in [3.8, 4) is 0 Å². The molecule has 4 heteroatoms. The first-order valence-electron chi connectivity index (χ1n) is 5.60. The Morgan fingerprint density at radius 1 is 1.44 bits per heavy atom. The topological polar surface area (TPSA) is 16.1 Å². The zero-order valence-corrected chi connectivity index (χ0v) is 11.3. The summed E-state index contributed by atoms with van der Waals surface area (Å²) in [5, 5.41) is 1.36. The SMILES string of the molecule is CC1CN(c2ccncc2CCl)CC(C)S1. The summed E-state index contributed by atoms with van der Waals surface area (Å²) < 4.78 is 0. The van der Waals surface area contributed by atoms with Crippen molar-refractivity contribution in [2.75, 3.05) is 18.0 Å². The second-order valence-electron chi connectivity index (χ2n) is 4.30. The molecule has 2 rings (SSSR count). The average Bonchev–Trinajstić information content (AvgIpc) is 2.27. The van der Waals surface area contributed by atoms with Crippen molar-refractivity contribution in [3.63, 3.8) is 0 Å². The molecule has 16 heavy (non-hydrogen) atoms. The summed E-state index contributed by atoms with van der Waals surface area (Å²) in [6, 6.07) is 2.08. The molecule has 1 aromatic rings. The minimum absolute atomic E-state index is 0.537. The van der Waals surface area contributed by atoms with Crippen molar-refractivity contribution >= 4 is 29.1 Å². The van der Waals surface area contributed by atoms with E-state index in [0.717, 1.165) is 18.7 Å². The van der Waals surface area contributed by atoms with E-state index < -0.39 is 0 Å². The van der Waals surface area contributed by atoms with Crippen molar-refractivity contribution in [1.29, 1.82) is 0 Å². The van der Waals surface area contributed by atoms with Crippen LogP contribution in [-0.4, -0.2) is 28.6 Å². The fraction of sp³-hybridized carbons (Fsp3) is 0.583. The van der Waals surface area contributed by atoms with Gasteiger partial charge in [-0.25, -0.2) is 0 Å². The number of aromatic nitrogens is 1. The fourth-order valence-electron chi connectivity index (χ4n) is 2.21. The van der Waals surface area contributed by atoms with E-state index in [1.807, 2.05) is 12.4 Å². The highest BCUT2D eigenvalue weighted by atomic mass is 35.5. The van der Waals surface area contributed by atoms with Crippen LogP contribution in [0.5, 0.6) is 0 Å². The molecule has 1 aliphatic rings. The molecule has 0 saturated carbocycles. The van der Waals surface area contributed by atoms with E-state index in [9.17, 15) is 0 Å². The standard InChI is InChI=1S/C12H17ClN2S/c1-9-7-15(8-10(2)16-9)12-3-4-14-6-11(12)5-13/h3-4,6,9-10H,5,7-8H2,1-2H3. The van der Waals surface area contributed by atoms with Crippen molar-refractivity contribution in [1.82, 2.24) is 4.98 Å². The van der Waals surface area contributed by atoms with E-state index in [0.29, 0.717) is 16.4 Å². The molecule has 0 radical (unpaired) electrons. The van der Waals surface area contributed by atoms with E-state index in [1.165, 1.54) is 5.69 Å². The summed E-state index contributed by atoms with van der Waals surface area (Å²) in [5.74, 6) is 0.537. The van der Waals surface area contributed by atoms with Gasteiger partial charge in [0.2, 0.25) is 0 Å². The first kappa shape index (κ1) is 12.1. The number of hydrogen-bond donors (Lipinski definition) is 0. The Morgan fingerprint density at radius 3 is 2.75 bits per heavy atom. The van der Waals surface area contributed by atoms with Gasteiger partial charge in [-0.2, -0.15) is 11.8 Å². The average molecular weight is 257 g/mol. The van der Waals surface area contributed by atoms with Crippen LogP contribution in [0, 0.1) is 0 Å². The predicted octanol–water partition coefficient (Wildman–Crippen LogP) is 3.15. The molecule has 0 N–H and O–H groups in total. The largest absolute Gasteiger partial charge is 0.369 e. The monoisotopic (exact) mass is 256 g/mol. The van der Waals surface area contributed by atoms with E-state index in [-0.39, 0.29) is 0 Å². The number of nitrogens with zero attached hydrogens (tertiary/aromatic N) is 2. The summed E-state index contributed by atoms with van der Waals surface area (Å²) in [7, 11) is 0. The summed E-state index contributed by atoms with van der Waals surface area (Å²) in [5.41, 5.74) is 2.39. The maximum atomic E-state index is 5.95. The zero-order chi connectivity index (χ0) is 11.5. The molecule has 2 unspecified atom stereocenters. The quantitative estimate of drug-likeness (QED) is 0.757. The Balaban J connectivity index is 2.22. The van der Waals surface area contributed by atoms with E-state index in [4.69, 9.17) is 11.6 Å². The van der Waals surface area contributed by atoms with Crippen LogP contribution in [0.15, 0.2) is 18.5 Å². The molecule has 0 aromatic carbocycles. The normalized spacial score (nSPS) is 25.8. The fourth-order valence-corrected chi connectivity index (χ4v) is 3.74. The number of anilines is 1. The highest BCUT2D eigenvalue weighted by molar-refractivity contribution is 8.00. The third-order valence-corrected chi connectivity index (χ3v) is 4.30. The van der Waals surface area contributed by atoms with Crippen LogP contribution >= 0.6 is 23.4 Å². The van der Waals surface area contributed by atoms with Gasteiger partial charge in [-0.05, 0) is 6.07 Å². The molecule has 2 nitrogen and oxygen atoms in total. The summed E-state index contributed by atoms with van der Waals surface area (Å²) >= 11 is 8.01. The highest BCUT2D eigenvalue weighted by Crippen LogP contribution is 2.30. The van der Waals surface area contributed by atoms with Gasteiger partial charge in [-0.15, -0.1) is 11.6 Å². The Bertz CT molecular complexity index is 349. The molecular formula is C12H17ClN2S. The second kappa shape index (κ2) is 5.28. The van der Waals surface area contributed by atoms with Crippen LogP contribution < -0.4 is 4.90 Å². The Labute approximate surface area is 106 Å². The minimum Gasteiger partial charge on any atom is -0.369 e. The number of thioether (sulfide) groups is 1. The zero-order valence-electron chi connectivity index (χ0n) is 9.69. The van der Waals surface area contributed by atoms with E-state index in [1.54, 1.807) is 0 Å². The lowest BCUT2D eigenvalue weighted by molar-refractivity contribution is 0.725. The molecule has 2 heterocycles. The van der Waals surface area contributed by atoms with E-state index >= 15 is 0 Å². The molecule has 1 saturated heterocycles. The van der Waals surface area contributed by atoms with Crippen LogP contribution in [0.25, 0.3) is 0 Å². The van der Waals surface area contributed by atoms with Crippen LogP contribution in [0.4, 0.5) is 5.69 Å². The lowest BCUT2D eigenvalue weighted by Gasteiger charge is -2.37. The molecule has 88 valence electrons. The third kappa shape index (κ3) is 2.64. The molecule has 0 aliphatic carbocycles. The van der Waals surface area contributed by atoms with Crippen molar-refractivity contribution < 1.29 is 0 Å². The third-order valence-electron chi connectivity index (χ3n) is 2.78. The Kier molecular flexibility index (Phi) is 3.98. The summed E-state index contributed by atoms with van der Waals surface area (Å²) in [6.45, 7) is 6.77. The van der Waals surface area contributed by atoms with Crippen LogP contribution in [0.3, 0.4) is 0 Å². The predicted molar refractivity (Wildman–Crippen MR) is 72.5 cm³/mol. The number of hydrogen-bond acceptors (Lipinski definition) is 3. The molecule has 0 amide bonds. The molecule has 1 aromatic heterocycles. The van der Waals surface area contributed by atoms with Crippen LogP contribution in [-0.2, 0) is 5.88 Å². The second-order valence-corrected chi connectivity index (χ2v) is 6.45. The number of rotatable bonds is 2. The smallest absolute Gasteiger partial charge is 0.0509 e. The maximum absolute atomic E-state index is 5.95. The van der Waals surface area contributed by atoms with Crippen molar-refractivity contribution in [2.45, 2.75) is 30.2 Å². The number of halogens is 1. The molecular weight excluding hydrogens is 240 g/mol. The van der Waals surface area contributed by atoms with E-state index in [2.05, 4.69) is 41.6 Å². The van der Waals surface area contributed by atoms with Crippen LogP contribution in [0.2, 0.25) is 0 Å². The molecule has 0 spiro atoms. The lowest BCUT2D eigenvalue weighted by atomic mass is 10.2. The minimum atomic E-state index is 0.537. The first-order valence-corrected chi connectivity index (χ1v) is 7.07. The van der Waals surface area contributed by atoms with Gasteiger partial charge < -0.3 is 4.90 Å². The Hall–Kier alpha value is -0.410. The Morgan fingerprint density at radius 2 is 2.12 bits per heavy atom. The van der Waals surface area contributed by atoms with Gasteiger partial charge in [0.05, 0.1) is 5.88 Å². The van der Waals surface area contributed by atoms with Gasteiger partial charge >= 0.3 is 0 Å². The van der Waals surface area contributed by atoms with Gasteiger partial charge in [0.15, 0.2) is 0 Å². The van der Waals surface area contributed by atoms with Crippen LogP contribution in [0.1, 0.15) is 19.4 Å². The van der Waals surface area contributed by atoms with Gasteiger partial charge in [-0.1, -0.05) is 13.8 Å². The molecule has 2 atom stereocenters. The highest BCUT2D eigenvalue weighted by Gasteiger charge is 2.23. The summed E-state index contributed by atoms with van der Waals surface area (Å²) in [4.78, 5) is 6.57. The van der Waals surface area contributed by atoms with Crippen molar-refractivity contribution in [3.05, 3.63) is 24.0 Å². The molecule has 1 fully saturated rings. The van der Waals surface area contributed by atoms with Gasteiger partial charge in [0.1, 0.15) is 0 Å². The number of pyridine rings is 1.